The Morgan fingerprint density at radius 3 is 2.89 bits per heavy atom. The smallest absolute Gasteiger partial charge is 0.230 e. The first-order valence-corrected chi connectivity index (χ1v) is 8.85. The number of hydrogen-bond donors (Lipinski definition) is 3. The second-order valence-corrected chi connectivity index (χ2v) is 6.07. The summed E-state index contributed by atoms with van der Waals surface area (Å²) in [5, 5.41) is 12.3. The van der Waals surface area contributed by atoms with Gasteiger partial charge in [0, 0.05) is 29.2 Å². The fourth-order valence-corrected chi connectivity index (χ4v) is 2.49. The van der Waals surface area contributed by atoms with E-state index in [2.05, 4.69) is 31.8 Å². The Balaban J connectivity index is 1.75. The van der Waals surface area contributed by atoms with Gasteiger partial charge in [-0.15, -0.1) is 0 Å². The number of benzene rings is 1. The molecule has 3 aromatic rings. The molecule has 4 N–H and O–H groups in total. The first-order valence-electron chi connectivity index (χ1n) is 8.85. The SMILES string of the molecule is C=C(O)COc1cccc(Nc2ncnc(-c3ccnc(CCCN)c3)n2)c1. The van der Waals surface area contributed by atoms with E-state index in [0.717, 1.165) is 29.8 Å². The fraction of sp³-hybridized carbons (Fsp3) is 0.200. The highest BCUT2D eigenvalue weighted by molar-refractivity contribution is 5.59. The Labute approximate surface area is 163 Å². The molecule has 0 amide bonds. The van der Waals surface area contributed by atoms with Gasteiger partial charge in [0.25, 0.3) is 0 Å². The summed E-state index contributed by atoms with van der Waals surface area (Å²) < 4.78 is 5.43. The van der Waals surface area contributed by atoms with E-state index >= 15 is 0 Å². The van der Waals surface area contributed by atoms with Crippen molar-refractivity contribution in [2.75, 3.05) is 18.5 Å². The largest absolute Gasteiger partial charge is 0.509 e. The second kappa shape index (κ2) is 9.43. The zero-order valence-electron chi connectivity index (χ0n) is 15.4. The van der Waals surface area contributed by atoms with E-state index in [1.807, 2.05) is 24.3 Å². The van der Waals surface area contributed by atoms with Crippen molar-refractivity contribution in [3.8, 4) is 17.1 Å². The Hall–Kier alpha value is -3.52. The molecule has 1 aromatic carbocycles. The molecule has 0 atom stereocenters. The molecule has 0 unspecified atom stereocenters. The zero-order valence-corrected chi connectivity index (χ0v) is 15.4. The van der Waals surface area contributed by atoms with Crippen LogP contribution >= 0.6 is 0 Å². The van der Waals surface area contributed by atoms with E-state index < -0.39 is 0 Å². The summed E-state index contributed by atoms with van der Waals surface area (Å²) in [6, 6.07) is 11.1. The Morgan fingerprint density at radius 1 is 1.18 bits per heavy atom. The number of nitrogens with zero attached hydrogens (tertiary/aromatic N) is 4. The van der Waals surface area contributed by atoms with Crippen LogP contribution in [0.1, 0.15) is 12.1 Å². The molecule has 0 aliphatic carbocycles. The van der Waals surface area contributed by atoms with E-state index in [1.54, 1.807) is 18.3 Å². The van der Waals surface area contributed by atoms with Crippen LogP contribution in [0.5, 0.6) is 5.75 Å². The van der Waals surface area contributed by atoms with Crippen LogP contribution in [-0.2, 0) is 6.42 Å². The maximum absolute atomic E-state index is 9.15. The van der Waals surface area contributed by atoms with Crippen LogP contribution in [0.25, 0.3) is 11.4 Å². The highest BCUT2D eigenvalue weighted by Gasteiger charge is 2.07. The van der Waals surface area contributed by atoms with Gasteiger partial charge in [0.05, 0.1) is 0 Å². The van der Waals surface area contributed by atoms with Gasteiger partial charge in [0.15, 0.2) is 5.82 Å². The summed E-state index contributed by atoms with van der Waals surface area (Å²) in [6.07, 6.45) is 4.89. The number of aliphatic hydroxyl groups is 1. The van der Waals surface area contributed by atoms with Crippen LogP contribution in [0.15, 0.2) is 61.3 Å². The normalized spacial score (nSPS) is 10.5. The van der Waals surface area contributed by atoms with E-state index in [0.29, 0.717) is 24.1 Å². The topological polar surface area (TPSA) is 119 Å². The van der Waals surface area contributed by atoms with Gasteiger partial charge in [-0.25, -0.2) is 9.97 Å². The average molecular weight is 378 g/mol. The minimum atomic E-state index is -0.0383. The summed E-state index contributed by atoms with van der Waals surface area (Å²) >= 11 is 0. The number of hydrogen-bond acceptors (Lipinski definition) is 8. The quantitative estimate of drug-likeness (QED) is 0.486. The van der Waals surface area contributed by atoms with Crippen molar-refractivity contribution in [3.63, 3.8) is 0 Å². The van der Waals surface area contributed by atoms with Crippen molar-refractivity contribution in [2.24, 2.45) is 5.73 Å². The van der Waals surface area contributed by atoms with Crippen molar-refractivity contribution in [3.05, 3.63) is 67.0 Å². The number of anilines is 2. The van der Waals surface area contributed by atoms with Crippen molar-refractivity contribution < 1.29 is 9.84 Å². The van der Waals surface area contributed by atoms with Crippen molar-refractivity contribution in [1.82, 2.24) is 19.9 Å². The highest BCUT2D eigenvalue weighted by atomic mass is 16.5. The summed E-state index contributed by atoms with van der Waals surface area (Å²) in [5.41, 5.74) is 8.13. The molecule has 0 aliphatic heterocycles. The molecule has 28 heavy (non-hydrogen) atoms. The van der Waals surface area contributed by atoms with Gasteiger partial charge in [-0.1, -0.05) is 12.6 Å². The Kier molecular flexibility index (Phi) is 6.48. The fourth-order valence-electron chi connectivity index (χ4n) is 2.49. The summed E-state index contributed by atoms with van der Waals surface area (Å²) in [6.45, 7) is 4.06. The van der Waals surface area contributed by atoms with E-state index in [1.165, 1.54) is 6.33 Å². The first kappa shape index (κ1) is 19.2. The number of pyridine rings is 1. The lowest BCUT2D eigenvalue weighted by Gasteiger charge is -2.09. The van der Waals surface area contributed by atoms with E-state index in [9.17, 15) is 0 Å². The molecular formula is C20H22N6O2. The number of ether oxygens (including phenoxy) is 1. The van der Waals surface area contributed by atoms with Crippen molar-refractivity contribution in [2.45, 2.75) is 12.8 Å². The molecule has 8 nitrogen and oxygen atoms in total. The summed E-state index contributed by atoms with van der Waals surface area (Å²) in [5.74, 6) is 1.52. The third-order valence-corrected chi connectivity index (χ3v) is 3.78. The van der Waals surface area contributed by atoms with Crippen LogP contribution in [0.4, 0.5) is 11.6 Å². The van der Waals surface area contributed by atoms with Crippen molar-refractivity contribution in [1.29, 1.82) is 0 Å². The minimum absolute atomic E-state index is 0.0356. The molecule has 3 rings (SSSR count). The molecule has 0 radical (unpaired) electrons. The van der Waals surface area contributed by atoms with Gasteiger partial charge in [-0.2, -0.15) is 4.98 Å². The Morgan fingerprint density at radius 2 is 2.07 bits per heavy atom. The average Bonchev–Trinajstić information content (AvgIpc) is 2.71. The minimum Gasteiger partial charge on any atom is -0.509 e. The monoisotopic (exact) mass is 378 g/mol. The summed E-state index contributed by atoms with van der Waals surface area (Å²) in [4.78, 5) is 17.3. The molecule has 2 heterocycles. The number of aryl methyl sites for hydroxylation is 1. The second-order valence-electron chi connectivity index (χ2n) is 6.07. The van der Waals surface area contributed by atoms with Gasteiger partial charge in [-0.3, -0.25) is 4.98 Å². The van der Waals surface area contributed by atoms with Crippen molar-refractivity contribution >= 4 is 11.6 Å². The van der Waals surface area contributed by atoms with Crippen LogP contribution < -0.4 is 15.8 Å². The van der Waals surface area contributed by atoms with Crippen LogP contribution in [-0.4, -0.2) is 38.2 Å². The van der Waals surface area contributed by atoms with E-state index in [-0.39, 0.29) is 12.4 Å². The lowest BCUT2D eigenvalue weighted by Crippen LogP contribution is -2.03. The van der Waals surface area contributed by atoms with Gasteiger partial charge >= 0.3 is 0 Å². The Bertz CT molecular complexity index is 947. The number of rotatable bonds is 9. The lowest BCUT2D eigenvalue weighted by molar-refractivity contribution is 0.272. The molecule has 0 aliphatic rings. The molecule has 0 fully saturated rings. The summed E-state index contributed by atoms with van der Waals surface area (Å²) in [7, 11) is 0. The first-order chi connectivity index (χ1) is 13.6. The number of aliphatic hydroxyl groups excluding tert-OH is 1. The maximum atomic E-state index is 9.15. The molecule has 2 aromatic heterocycles. The van der Waals surface area contributed by atoms with Gasteiger partial charge in [0.2, 0.25) is 5.95 Å². The third kappa shape index (κ3) is 5.49. The van der Waals surface area contributed by atoms with Crippen LogP contribution in [0.3, 0.4) is 0 Å². The van der Waals surface area contributed by atoms with Crippen LogP contribution in [0, 0.1) is 0 Å². The molecule has 0 spiro atoms. The number of nitrogens with one attached hydrogen (secondary N) is 1. The standard InChI is InChI=1S/C20H22N6O2/c1-14(27)12-28-18-6-2-4-17(11-18)25-20-24-13-23-19(26-20)15-7-9-22-16(10-15)5-3-8-21/h2,4,6-7,9-11,13,27H,1,3,5,8,12,21H2,(H,23,24,25,26). The van der Waals surface area contributed by atoms with E-state index in [4.69, 9.17) is 15.6 Å². The highest BCUT2D eigenvalue weighted by Crippen LogP contribution is 2.21. The van der Waals surface area contributed by atoms with Crippen LogP contribution in [0.2, 0.25) is 0 Å². The lowest BCUT2D eigenvalue weighted by atomic mass is 10.1. The molecular weight excluding hydrogens is 356 g/mol. The molecule has 8 heteroatoms. The third-order valence-electron chi connectivity index (χ3n) is 3.78. The molecule has 144 valence electrons. The molecule has 0 saturated heterocycles. The van der Waals surface area contributed by atoms with Gasteiger partial charge < -0.3 is 20.9 Å². The molecule has 0 bridgehead atoms. The van der Waals surface area contributed by atoms with Gasteiger partial charge in [0.1, 0.15) is 24.4 Å². The maximum Gasteiger partial charge on any atom is 0.230 e. The number of aromatic nitrogens is 4. The molecule has 0 saturated carbocycles. The number of nitrogens with two attached hydrogens (primary N) is 1. The van der Waals surface area contributed by atoms with Gasteiger partial charge in [-0.05, 0) is 43.7 Å². The predicted molar refractivity (Wildman–Crippen MR) is 107 cm³/mol. The zero-order chi connectivity index (χ0) is 19.8. The predicted octanol–water partition coefficient (Wildman–Crippen LogP) is 3.02.